The number of hydrogen-bond donors (Lipinski definition) is 1. The van der Waals surface area contributed by atoms with Crippen molar-refractivity contribution in [2.45, 2.75) is 32.2 Å². The third-order valence-corrected chi connectivity index (χ3v) is 2.18. The van der Waals surface area contributed by atoms with Crippen LogP contribution in [-0.4, -0.2) is 19.3 Å². The average molecular weight is 180 g/mol. The van der Waals surface area contributed by atoms with Crippen molar-refractivity contribution in [3.63, 3.8) is 0 Å². The van der Waals surface area contributed by atoms with E-state index in [1.807, 2.05) is 0 Å². The maximum atomic E-state index is 5.80. The number of hydrogen-bond acceptors (Lipinski definition) is 2. The molecule has 1 heterocycles. The van der Waals surface area contributed by atoms with Gasteiger partial charge < -0.3 is 10.5 Å². The molecular formula is C8H18ClNO. The van der Waals surface area contributed by atoms with Gasteiger partial charge in [-0.05, 0) is 25.2 Å². The fourth-order valence-corrected chi connectivity index (χ4v) is 1.36. The molecule has 1 aliphatic rings. The van der Waals surface area contributed by atoms with Crippen LogP contribution in [0, 0.1) is 5.92 Å². The molecule has 1 fully saturated rings. The van der Waals surface area contributed by atoms with Crippen LogP contribution in [0.1, 0.15) is 26.2 Å². The normalized spacial score (nSPS) is 26.2. The molecule has 2 nitrogen and oxygen atoms in total. The third kappa shape index (κ3) is 3.94. The highest BCUT2D eigenvalue weighted by Gasteiger charge is 2.17. The Morgan fingerprint density at radius 2 is 2.36 bits per heavy atom. The molecule has 0 amide bonds. The molecule has 1 saturated heterocycles. The molecule has 68 valence electrons. The lowest BCUT2D eigenvalue weighted by molar-refractivity contribution is 0.182. The highest BCUT2D eigenvalue weighted by Crippen LogP contribution is 2.17. The minimum absolute atomic E-state index is 0. The summed E-state index contributed by atoms with van der Waals surface area (Å²) in [6.45, 7) is 4.02. The fourth-order valence-electron chi connectivity index (χ4n) is 1.36. The van der Waals surface area contributed by atoms with E-state index in [0.717, 1.165) is 32.0 Å². The number of halogens is 1. The van der Waals surface area contributed by atoms with Crippen molar-refractivity contribution in [2.24, 2.45) is 11.7 Å². The van der Waals surface area contributed by atoms with E-state index in [4.69, 9.17) is 10.5 Å². The predicted octanol–water partition coefficient (Wildman–Crippen LogP) is 1.57. The van der Waals surface area contributed by atoms with Crippen molar-refractivity contribution in [1.29, 1.82) is 0 Å². The minimum Gasteiger partial charge on any atom is -0.381 e. The van der Waals surface area contributed by atoms with Crippen LogP contribution in [0.3, 0.4) is 0 Å². The first-order valence-electron chi connectivity index (χ1n) is 4.16. The van der Waals surface area contributed by atoms with E-state index in [0.29, 0.717) is 6.04 Å². The Labute approximate surface area is 74.9 Å². The van der Waals surface area contributed by atoms with Crippen LogP contribution in [0.15, 0.2) is 0 Å². The summed E-state index contributed by atoms with van der Waals surface area (Å²) in [6.07, 6.45) is 3.46. The first-order chi connectivity index (χ1) is 4.83. The van der Waals surface area contributed by atoms with E-state index in [2.05, 4.69) is 6.92 Å². The molecule has 0 aliphatic carbocycles. The van der Waals surface area contributed by atoms with E-state index >= 15 is 0 Å². The Kier molecular flexibility index (Phi) is 5.92. The lowest BCUT2D eigenvalue weighted by atomic mass is 9.98. The SMILES string of the molecule is CCC(N)CC1CCOC1.Cl. The Bertz CT molecular complexity index is 94.1. The van der Waals surface area contributed by atoms with Crippen molar-refractivity contribution in [1.82, 2.24) is 0 Å². The zero-order valence-corrected chi connectivity index (χ0v) is 7.90. The molecule has 0 saturated carbocycles. The third-order valence-electron chi connectivity index (χ3n) is 2.18. The standard InChI is InChI=1S/C8H17NO.ClH/c1-2-8(9)5-7-3-4-10-6-7;/h7-8H,2-6,9H2,1H3;1H. The number of nitrogens with two attached hydrogens (primary N) is 1. The van der Waals surface area contributed by atoms with Crippen LogP contribution in [0.4, 0.5) is 0 Å². The number of rotatable bonds is 3. The molecule has 0 aromatic rings. The average Bonchev–Trinajstić information content (AvgIpc) is 2.40. The van der Waals surface area contributed by atoms with Crippen LogP contribution in [0.2, 0.25) is 0 Å². The molecule has 0 radical (unpaired) electrons. The van der Waals surface area contributed by atoms with Gasteiger partial charge in [0.2, 0.25) is 0 Å². The first-order valence-corrected chi connectivity index (χ1v) is 4.16. The summed E-state index contributed by atoms with van der Waals surface area (Å²) in [5.41, 5.74) is 5.80. The van der Waals surface area contributed by atoms with E-state index in [-0.39, 0.29) is 12.4 Å². The van der Waals surface area contributed by atoms with Crippen molar-refractivity contribution >= 4 is 12.4 Å². The first kappa shape index (κ1) is 11.2. The summed E-state index contributed by atoms with van der Waals surface area (Å²) in [7, 11) is 0. The summed E-state index contributed by atoms with van der Waals surface area (Å²) in [4.78, 5) is 0. The topological polar surface area (TPSA) is 35.2 Å². The summed E-state index contributed by atoms with van der Waals surface area (Å²) < 4.78 is 5.25. The van der Waals surface area contributed by atoms with Crippen LogP contribution < -0.4 is 5.73 Å². The van der Waals surface area contributed by atoms with Gasteiger partial charge in [-0.15, -0.1) is 12.4 Å². The number of ether oxygens (including phenoxy) is 1. The summed E-state index contributed by atoms with van der Waals surface area (Å²) in [5, 5.41) is 0. The monoisotopic (exact) mass is 179 g/mol. The summed E-state index contributed by atoms with van der Waals surface area (Å²) >= 11 is 0. The molecule has 1 aliphatic heterocycles. The van der Waals surface area contributed by atoms with Crippen LogP contribution >= 0.6 is 12.4 Å². The quantitative estimate of drug-likeness (QED) is 0.714. The molecule has 0 spiro atoms. The second kappa shape index (κ2) is 5.81. The van der Waals surface area contributed by atoms with Crippen molar-refractivity contribution in [3.05, 3.63) is 0 Å². The zero-order chi connectivity index (χ0) is 7.40. The fraction of sp³-hybridized carbons (Fsp3) is 1.00. The van der Waals surface area contributed by atoms with Crippen LogP contribution in [-0.2, 0) is 4.74 Å². The van der Waals surface area contributed by atoms with Crippen LogP contribution in [0.25, 0.3) is 0 Å². The van der Waals surface area contributed by atoms with E-state index in [1.165, 1.54) is 6.42 Å². The van der Waals surface area contributed by atoms with Gasteiger partial charge in [0.25, 0.3) is 0 Å². The van der Waals surface area contributed by atoms with E-state index < -0.39 is 0 Å². The second-order valence-corrected chi connectivity index (χ2v) is 3.13. The van der Waals surface area contributed by atoms with Gasteiger partial charge in [-0.2, -0.15) is 0 Å². The Balaban J connectivity index is 0.000001000. The highest BCUT2D eigenvalue weighted by atomic mass is 35.5. The van der Waals surface area contributed by atoms with Gasteiger partial charge in [0.05, 0.1) is 0 Å². The van der Waals surface area contributed by atoms with Gasteiger partial charge in [0.15, 0.2) is 0 Å². The minimum atomic E-state index is 0. The second-order valence-electron chi connectivity index (χ2n) is 3.13. The lowest BCUT2D eigenvalue weighted by Crippen LogP contribution is -2.22. The lowest BCUT2D eigenvalue weighted by Gasteiger charge is -2.12. The molecule has 0 bridgehead atoms. The van der Waals surface area contributed by atoms with Gasteiger partial charge in [-0.25, -0.2) is 0 Å². The summed E-state index contributed by atoms with van der Waals surface area (Å²) in [5.74, 6) is 0.745. The molecule has 2 unspecified atom stereocenters. The summed E-state index contributed by atoms with van der Waals surface area (Å²) in [6, 6.07) is 0.395. The Hall–Kier alpha value is 0.210. The van der Waals surface area contributed by atoms with Crippen molar-refractivity contribution in [3.8, 4) is 0 Å². The van der Waals surface area contributed by atoms with Gasteiger partial charge in [-0.1, -0.05) is 6.92 Å². The van der Waals surface area contributed by atoms with Gasteiger partial charge in [-0.3, -0.25) is 0 Å². The maximum Gasteiger partial charge on any atom is 0.0495 e. The predicted molar refractivity (Wildman–Crippen MR) is 49.1 cm³/mol. The van der Waals surface area contributed by atoms with Gasteiger partial charge in [0.1, 0.15) is 0 Å². The molecule has 3 heteroatoms. The van der Waals surface area contributed by atoms with E-state index in [9.17, 15) is 0 Å². The molecule has 2 N–H and O–H groups in total. The van der Waals surface area contributed by atoms with E-state index in [1.54, 1.807) is 0 Å². The molecule has 0 aromatic carbocycles. The van der Waals surface area contributed by atoms with Crippen molar-refractivity contribution < 1.29 is 4.74 Å². The largest absolute Gasteiger partial charge is 0.381 e. The Morgan fingerprint density at radius 3 is 2.82 bits per heavy atom. The maximum absolute atomic E-state index is 5.80. The molecule has 2 atom stereocenters. The smallest absolute Gasteiger partial charge is 0.0495 e. The highest BCUT2D eigenvalue weighted by molar-refractivity contribution is 5.85. The van der Waals surface area contributed by atoms with Gasteiger partial charge in [0, 0.05) is 19.3 Å². The molecule has 11 heavy (non-hydrogen) atoms. The van der Waals surface area contributed by atoms with Crippen LogP contribution in [0.5, 0.6) is 0 Å². The molecular weight excluding hydrogens is 162 g/mol. The zero-order valence-electron chi connectivity index (χ0n) is 7.08. The molecule has 1 rings (SSSR count). The van der Waals surface area contributed by atoms with Gasteiger partial charge >= 0.3 is 0 Å². The van der Waals surface area contributed by atoms with Crippen molar-refractivity contribution in [2.75, 3.05) is 13.2 Å². The molecule has 0 aromatic heterocycles. The Morgan fingerprint density at radius 1 is 1.64 bits per heavy atom.